The van der Waals surface area contributed by atoms with Crippen LogP contribution in [0.3, 0.4) is 0 Å². The van der Waals surface area contributed by atoms with E-state index in [1.54, 1.807) is 12.1 Å². The lowest BCUT2D eigenvalue weighted by Crippen LogP contribution is -2.51. The summed E-state index contributed by atoms with van der Waals surface area (Å²) in [7, 11) is 0. The van der Waals surface area contributed by atoms with Gasteiger partial charge >= 0.3 is 0 Å². The van der Waals surface area contributed by atoms with Crippen molar-refractivity contribution in [3.63, 3.8) is 0 Å². The number of carbonyl (C=O) groups is 1. The number of hydrogen-bond donors (Lipinski definition) is 0. The van der Waals surface area contributed by atoms with Crippen LogP contribution in [0.1, 0.15) is 24.8 Å². The SMILES string of the molecule is O=C(Cc1ccc([N+](=O)[O-])cc1)N1CCC2(CC1)OCCCO2. The number of nitro benzene ring substituents is 1. The molecule has 0 aromatic heterocycles. The zero-order valence-electron chi connectivity index (χ0n) is 12.9. The molecular weight excluding hydrogens is 300 g/mol. The van der Waals surface area contributed by atoms with Crippen LogP contribution in [0.25, 0.3) is 0 Å². The van der Waals surface area contributed by atoms with Crippen molar-refractivity contribution < 1.29 is 19.2 Å². The summed E-state index contributed by atoms with van der Waals surface area (Å²) in [4.78, 5) is 24.4. The van der Waals surface area contributed by atoms with Crippen molar-refractivity contribution >= 4 is 11.6 Å². The minimum absolute atomic E-state index is 0.0320. The molecule has 0 atom stereocenters. The number of rotatable bonds is 3. The fourth-order valence-corrected chi connectivity index (χ4v) is 3.02. The van der Waals surface area contributed by atoms with Gasteiger partial charge in [-0.25, -0.2) is 0 Å². The molecule has 2 aliphatic rings. The van der Waals surface area contributed by atoms with Gasteiger partial charge < -0.3 is 14.4 Å². The van der Waals surface area contributed by atoms with Crippen LogP contribution in [0.4, 0.5) is 5.69 Å². The average molecular weight is 320 g/mol. The van der Waals surface area contributed by atoms with Gasteiger partial charge in [0.1, 0.15) is 0 Å². The molecule has 2 saturated heterocycles. The Kier molecular flexibility index (Phi) is 4.58. The predicted octanol–water partition coefficient (Wildman–Crippen LogP) is 1.89. The second-order valence-electron chi connectivity index (χ2n) is 5.94. The van der Waals surface area contributed by atoms with Crippen molar-refractivity contribution in [2.75, 3.05) is 26.3 Å². The van der Waals surface area contributed by atoms with E-state index in [0.29, 0.717) is 25.9 Å². The van der Waals surface area contributed by atoms with Crippen LogP contribution in [0.2, 0.25) is 0 Å². The highest BCUT2D eigenvalue weighted by atomic mass is 16.7. The molecule has 0 bridgehead atoms. The summed E-state index contributed by atoms with van der Waals surface area (Å²) in [5, 5.41) is 10.6. The lowest BCUT2D eigenvalue weighted by molar-refractivity contribution is -0.384. The largest absolute Gasteiger partial charge is 0.350 e. The maximum absolute atomic E-state index is 12.4. The number of likely N-dealkylation sites (tertiary alicyclic amines) is 1. The highest BCUT2D eigenvalue weighted by molar-refractivity contribution is 5.79. The normalized spacial score (nSPS) is 20.4. The summed E-state index contributed by atoms with van der Waals surface area (Å²) in [5.74, 6) is -0.466. The summed E-state index contributed by atoms with van der Waals surface area (Å²) in [6.07, 6.45) is 2.56. The Balaban J connectivity index is 1.54. The highest BCUT2D eigenvalue weighted by Gasteiger charge is 2.39. The Morgan fingerprint density at radius 2 is 1.78 bits per heavy atom. The molecule has 0 N–H and O–H groups in total. The van der Waals surface area contributed by atoms with Gasteiger partial charge in [0.2, 0.25) is 5.91 Å². The molecule has 2 fully saturated rings. The van der Waals surface area contributed by atoms with Gasteiger partial charge in [-0.1, -0.05) is 12.1 Å². The molecule has 1 aromatic rings. The van der Waals surface area contributed by atoms with E-state index in [-0.39, 0.29) is 18.0 Å². The van der Waals surface area contributed by atoms with Gasteiger partial charge in [-0.2, -0.15) is 0 Å². The summed E-state index contributed by atoms with van der Waals surface area (Å²) >= 11 is 0. The van der Waals surface area contributed by atoms with Crippen LogP contribution < -0.4 is 0 Å². The number of non-ortho nitro benzene ring substituents is 1. The van der Waals surface area contributed by atoms with E-state index in [4.69, 9.17) is 9.47 Å². The summed E-state index contributed by atoms with van der Waals surface area (Å²) < 4.78 is 11.5. The number of nitrogens with zero attached hydrogens (tertiary/aromatic N) is 2. The van der Waals surface area contributed by atoms with E-state index >= 15 is 0 Å². The average Bonchev–Trinajstić information content (AvgIpc) is 2.56. The molecule has 0 saturated carbocycles. The Morgan fingerprint density at radius 3 is 2.35 bits per heavy atom. The maximum atomic E-state index is 12.4. The number of carbonyl (C=O) groups excluding carboxylic acids is 1. The smallest absolute Gasteiger partial charge is 0.269 e. The standard InChI is InChI=1S/C16H20N2O5/c19-15(12-13-2-4-14(5-3-13)18(20)21)17-8-6-16(7-9-17)22-10-1-11-23-16/h2-5H,1,6-12H2. The zero-order chi connectivity index (χ0) is 16.3. The third kappa shape index (κ3) is 3.68. The fraction of sp³-hybridized carbons (Fsp3) is 0.562. The van der Waals surface area contributed by atoms with E-state index in [2.05, 4.69) is 0 Å². The summed E-state index contributed by atoms with van der Waals surface area (Å²) in [6, 6.07) is 6.12. The van der Waals surface area contributed by atoms with Crippen molar-refractivity contribution in [1.29, 1.82) is 0 Å². The van der Waals surface area contributed by atoms with Crippen LogP contribution >= 0.6 is 0 Å². The molecule has 1 aromatic carbocycles. The zero-order valence-corrected chi connectivity index (χ0v) is 12.9. The van der Waals surface area contributed by atoms with Gasteiger partial charge in [-0.05, 0) is 12.0 Å². The van der Waals surface area contributed by atoms with Crippen molar-refractivity contribution in [3.05, 3.63) is 39.9 Å². The van der Waals surface area contributed by atoms with Crippen molar-refractivity contribution in [2.24, 2.45) is 0 Å². The molecular formula is C16H20N2O5. The van der Waals surface area contributed by atoms with E-state index in [9.17, 15) is 14.9 Å². The molecule has 7 heteroatoms. The molecule has 3 rings (SSSR count). The third-order valence-electron chi connectivity index (χ3n) is 4.40. The summed E-state index contributed by atoms with van der Waals surface area (Å²) in [6.45, 7) is 2.67. The lowest BCUT2D eigenvalue weighted by atomic mass is 10.0. The molecule has 23 heavy (non-hydrogen) atoms. The second kappa shape index (κ2) is 6.64. The van der Waals surface area contributed by atoms with Crippen LogP contribution in [-0.4, -0.2) is 47.8 Å². The van der Waals surface area contributed by atoms with Crippen molar-refractivity contribution in [2.45, 2.75) is 31.5 Å². The van der Waals surface area contributed by atoms with Gasteiger partial charge in [0, 0.05) is 38.1 Å². The molecule has 7 nitrogen and oxygen atoms in total. The van der Waals surface area contributed by atoms with Gasteiger partial charge in [0.25, 0.3) is 5.69 Å². The number of ether oxygens (including phenoxy) is 2. The number of piperidine rings is 1. The predicted molar refractivity (Wildman–Crippen MR) is 81.9 cm³/mol. The molecule has 1 spiro atoms. The minimum atomic E-state index is -0.498. The Morgan fingerprint density at radius 1 is 1.17 bits per heavy atom. The third-order valence-corrected chi connectivity index (χ3v) is 4.40. The van der Waals surface area contributed by atoms with Crippen molar-refractivity contribution in [1.82, 2.24) is 4.90 Å². The number of benzene rings is 1. The van der Waals surface area contributed by atoms with Gasteiger partial charge in [0.15, 0.2) is 5.79 Å². The van der Waals surface area contributed by atoms with E-state index < -0.39 is 10.7 Å². The first kappa shape index (κ1) is 15.9. The van der Waals surface area contributed by atoms with Crippen LogP contribution in [0, 0.1) is 10.1 Å². The number of amides is 1. The van der Waals surface area contributed by atoms with Crippen LogP contribution in [0.15, 0.2) is 24.3 Å². The first-order valence-electron chi connectivity index (χ1n) is 7.87. The first-order valence-corrected chi connectivity index (χ1v) is 7.87. The molecule has 124 valence electrons. The fourth-order valence-electron chi connectivity index (χ4n) is 3.02. The second-order valence-corrected chi connectivity index (χ2v) is 5.94. The van der Waals surface area contributed by atoms with Crippen LogP contribution in [-0.2, 0) is 20.7 Å². The Bertz CT molecular complexity index is 571. The monoisotopic (exact) mass is 320 g/mol. The lowest BCUT2D eigenvalue weighted by Gasteiger charge is -2.43. The Hall–Kier alpha value is -1.99. The highest BCUT2D eigenvalue weighted by Crippen LogP contribution is 2.30. The molecule has 2 heterocycles. The molecule has 0 unspecified atom stereocenters. The molecule has 1 amide bonds. The number of hydrogen-bond acceptors (Lipinski definition) is 5. The minimum Gasteiger partial charge on any atom is -0.350 e. The van der Waals surface area contributed by atoms with E-state index in [1.807, 2.05) is 4.90 Å². The van der Waals surface area contributed by atoms with E-state index in [0.717, 1.165) is 25.2 Å². The maximum Gasteiger partial charge on any atom is 0.269 e. The first-order chi connectivity index (χ1) is 11.1. The van der Waals surface area contributed by atoms with Gasteiger partial charge in [-0.3, -0.25) is 14.9 Å². The summed E-state index contributed by atoms with van der Waals surface area (Å²) in [5.41, 5.74) is 0.818. The topological polar surface area (TPSA) is 81.9 Å². The van der Waals surface area contributed by atoms with Crippen molar-refractivity contribution in [3.8, 4) is 0 Å². The van der Waals surface area contributed by atoms with E-state index in [1.165, 1.54) is 12.1 Å². The molecule has 0 radical (unpaired) electrons. The van der Waals surface area contributed by atoms with Gasteiger partial charge in [-0.15, -0.1) is 0 Å². The molecule has 0 aliphatic carbocycles. The quantitative estimate of drug-likeness (QED) is 0.627. The van der Waals surface area contributed by atoms with Gasteiger partial charge in [0.05, 0.1) is 24.6 Å². The number of nitro groups is 1. The van der Waals surface area contributed by atoms with Crippen LogP contribution in [0.5, 0.6) is 0 Å². The molecule has 2 aliphatic heterocycles. The Labute approximate surface area is 134 Å².